The molecule has 1 rings (SSSR count). The van der Waals surface area contributed by atoms with E-state index in [9.17, 15) is 13.2 Å². The maximum atomic E-state index is 12.0. The first kappa shape index (κ1) is 16.3. The molecule has 6 heteroatoms. The van der Waals surface area contributed by atoms with Gasteiger partial charge in [0.25, 0.3) is 0 Å². The van der Waals surface area contributed by atoms with Crippen LogP contribution in [0.5, 0.6) is 0 Å². The molecule has 0 aliphatic rings. The Morgan fingerprint density at radius 3 is 2.68 bits per heavy atom. The maximum Gasteiger partial charge on any atom is 0.389 e. The number of halogens is 4. The second-order valence-corrected chi connectivity index (χ2v) is 4.63. The van der Waals surface area contributed by atoms with Crippen LogP contribution in [-0.2, 0) is 4.74 Å². The SMILES string of the molecule is CNCC(OCCCC(F)(F)F)c1cccc(Cl)c1. The predicted octanol–water partition coefficient (Wildman–Crippen LogP) is 3.96. The van der Waals surface area contributed by atoms with Crippen molar-refractivity contribution < 1.29 is 17.9 Å². The fraction of sp³-hybridized carbons (Fsp3) is 0.538. The van der Waals surface area contributed by atoms with E-state index in [0.29, 0.717) is 11.6 Å². The third-order valence-corrected chi connectivity index (χ3v) is 2.77. The van der Waals surface area contributed by atoms with E-state index >= 15 is 0 Å². The van der Waals surface area contributed by atoms with Gasteiger partial charge in [-0.05, 0) is 31.2 Å². The Labute approximate surface area is 115 Å². The Balaban J connectivity index is 2.49. The van der Waals surface area contributed by atoms with Gasteiger partial charge in [0, 0.05) is 24.6 Å². The number of hydrogen-bond acceptors (Lipinski definition) is 2. The lowest BCUT2D eigenvalue weighted by atomic mass is 10.1. The first-order valence-corrected chi connectivity index (χ1v) is 6.38. The molecule has 0 fully saturated rings. The largest absolute Gasteiger partial charge is 0.389 e. The van der Waals surface area contributed by atoms with Crippen LogP contribution < -0.4 is 5.32 Å². The molecular weight excluding hydrogens is 279 g/mol. The molecule has 1 atom stereocenters. The molecule has 0 aromatic heterocycles. The van der Waals surface area contributed by atoms with Crippen LogP contribution in [0.3, 0.4) is 0 Å². The van der Waals surface area contributed by atoms with E-state index in [-0.39, 0.29) is 19.1 Å². The van der Waals surface area contributed by atoms with E-state index in [1.165, 1.54) is 0 Å². The highest BCUT2D eigenvalue weighted by Crippen LogP contribution is 2.24. The van der Waals surface area contributed by atoms with Crippen LogP contribution in [0.15, 0.2) is 24.3 Å². The van der Waals surface area contributed by atoms with Crippen molar-refractivity contribution in [2.75, 3.05) is 20.2 Å². The molecule has 1 N–H and O–H groups in total. The van der Waals surface area contributed by atoms with Crippen molar-refractivity contribution in [3.05, 3.63) is 34.9 Å². The molecule has 0 saturated carbocycles. The molecule has 19 heavy (non-hydrogen) atoms. The molecular formula is C13H17ClF3NO. The maximum absolute atomic E-state index is 12.0. The zero-order chi connectivity index (χ0) is 14.3. The third kappa shape index (κ3) is 6.80. The third-order valence-electron chi connectivity index (χ3n) is 2.53. The molecule has 1 aromatic carbocycles. The normalized spacial score (nSPS) is 13.5. The molecule has 0 spiro atoms. The Morgan fingerprint density at radius 2 is 2.11 bits per heavy atom. The molecule has 0 radical (unpaired) electrons. The monoisotopic (exact) mass is 295 g/mol. The van der Waals surface area contributed by atoms with E-state index in [2.05, 4.69) is 5.32 Å². The number of alkyl halides is 3. The summed E-state index contributed by atoms with van der Waals surface area (Å²) in [5.41, 5.74) is 0.855. The lowest BCUT2D eigenvalue weighted by Gasteiger charge is -2.18. The number of nitrogens with one attached hydrogen (secondary N) is 1. The van der Waals surface area contributed by atoms with Crippen molar-refractivity contribution in [1.82, 2.24) is 5.32 Å². The molecule has 0 bridgehead atoms. The molecule has 0 amide bonds. The van der Waals surface area contributed by atoms with Crippen LogP contribution in [0.25, 0.3) is 0 Å². The second-order valence-electron chi connectivity index (χ2n) is 4.19. The van der Waals surface area contributed by atoms with Gasteiger partial charge in [-0.3, -0.25) is 0 Å². The van der Waals surface area contributed by atoms with Crippen molar-refractivity contribution in [1.29, 1.82) is 0 Å². The highest BCUT2D eigenvalue weighted by molar-refractivity contribution is 6.30. The second kappa shape index (κ2) is 7.72. The van der Waals surface area contributed by atoms with Gasteiger partial charge in [-0.2, -0.15) is 13.2 Å². The first-order chi connectivity index (χ1) is 8.92. The van der Waals surface area contributed by atoms with Crippen LogP contribution in [0, 0.1) is 0 Å². The van der Waals surface area contributed by atoms with Crippen molar-refractivity contribution in [2.45, 2.75) is 25.1 Å². The van der Waals surface area contributed by atoms with Crippen molar-refractivity contribution in [2.24, 2.45) is 0 Å². The fourth-order valence-corrected chi connectivity index (χ4v) is 1.86. The summed E-state index contributed by atoms with van der Waals surface area (Å²) in [6, 6.07) is 7.13. The molecule has 1 aromatic rings. The van der Waals surface area contributed by atoms with Crippen LogP contribution in [0.4, 0.5) is 13.2 Å². The lowest BCUT2D eigenvalue weighted by Crippen LogP contribution is -2.20. The summed E-state index contributed by atoms with van der Waals surface area (Å²) in [4.78, 5) is 0. The zero-order valence-corrected chi connectivity index (χ0v) is 11.4. The molecule has 2 nitrogen and oxygen atoms in total. The average molecular weight is 296 g/mol. The molecule has 0 saturated heterocycles. The van der Waals surface area contributed by atoms with Crippen molar-refractivity contribution >= 4 is 11.6 Å². The topological polar surface area (TPSA) is 21.3 Å². The van der Waals surface area contributed by atoms with Gasteiger partial charge in [-0.1, -0.05) is 23.7 Å². The van der Waals surface area contributed by atoms with Gasteiger partial charge in [0.2, 0.25) is 0 Å². The predicted molar refractivity (Wildman–Crippen MR) is 69.4 cm³/mol. The summed E-state index contributed by atoms with van der Waals surface area (Å²) in [5.74, 6) is 0. The van der Waals surface area contributed by atoms with E-state index < -0.39 is 12.6 Å². The minimum atomic E-state index is -4.13. The van der Waals surface area contributed by atoms with Gasteiger partial charge in [0.05, 0.1) is 6.10 Å². The Morgan fingerprint density at radius 1 is 1.37 bits per heavy atom. The zero-order valence-electron chi connectivity index (χ0n) is 10.6. The number of hydrogen-bond donors (Lipinski definition) is 1. The summed E-state index contributed by atoms with van der Waals surface area (Å²) >= 11 is 5.89. The number of ether oxygens (including phenoxy) is 1. The smallest absolute Gasteiger partial charge is 0.372 e. The van der Waals surface area contributed by atoms with Gasteiger partial charge in [-0.15, -0.1) is 0 Å². The summed E-state index contributed by atoms with van der Waals surface area (Å²) in [6.45, 7) is 0.588. The number of benzene rings is 1. The van der Waals surface area contributed by atoms with Gasteiger partial charge >= 0.3 is 6.18 Å². The van der Waals surface area contributed by atoms with Crippen molar-refractivity contribution in [3.63, 3.8) is 0 Å². The molecule has 0 heterocycles. The molecule has 108 valence electrons. The van der Waals surface area contributed by atoms with E-state index in [1.54, 1.807) is 25.2 Å². The Kier molecular flexibility index (Phi) is 6.62. The van der Waals surface area contributed by atoms with Gasteiger partial charge in [0.1, 0.15) is 0 Å². The molecule has 0 aliphatic carbocycles. The van der Waals surface area contributed by atoms with Gasteiger partial charge < -0.3 is 10.1 Å². The molecule has 1 unspecified atom stereocenters. The van der Waals surface area contributed by atoms with E-state index in [1.807, 2.05) is 6.07 Å². The van der Waals surface area contributed by atoms with Gasteiger partial charge in [0.15, 0.2) is 0 Å². The standard InChI is InChI=1S/C13H17ClF3NO/c1-18-9-12(10-4-2-5-11(14)8-10)19-7-3-6-13(15,16)17/h2,4-5,8,12,18H,3,6-7,9H2,1H3. The molecule has 0 aliphatic heterocycles. The van der Waals surface area contributed by atoms with E-state index in [4.69, 9.17) is 16.3 Å². The summed E-state index contributed by atoms with van der Waals surface area (Å²) in [5, 5.41) is 3.53. The summed E-state index contributed by atoms with van der Waals surface area (Å²) in [6.07, 6.45) is -5.28. The highest BCUT2D eigenvalue weighted by Gasteiger charge is 2.26. The van der Waals surface area contributed by atoms with Crippen molar-refractivity contribution in [3.8, 4) is 0 Å². The van der Waals surface area contributed by atoms with Crippen LogP contribution in [0.2, 0.25) is 5.02 Å². The summed E-state index contributed by atoms with van der Waals surface area (Å²) in [7, 11) is 1.76. The minimum absolute atomic E-state index is 0.0374. The highest BCUT2D eigenvalue weighted by atomic mass is 35.5. The Hall–Kier alpha value is -0.780. The Bertz CT molecular complexity index is 384. The number of likely N-dealkylation sites (N-methyl/N-ethyl adjacent to an activating group) is 1. The summed E-state index contributed by atoms with van der Waals surface area (Å²) < 4.78 is 41.6. The average Bonchev–Trinajstić information content (AvgIpc) is 2.32. The van der Waals surface area contributed by atoms with Crippen LogP contribution >= 0.6 is 11.6 Å². The quantitative estimate of drug-likeness (QED) is 0.769. The minimum Gasteiger partial charge on any atom is -0.372 e. The van der Waals surface area contributed by atoms with Crippen LogP contribution in [0.1, 0.15) is 24.5 Å². The lowest BCUT2D eigenvalue weighted by molar-refractivity contribution is -0.138. The fourth-order valence-electron chi connectivity index (χ4n) is 1.66. The number of rotatable bonds is 7. The van der Waals surface area contributed by atoms with Gasteiger partial charge in [-0.25, -0.2) is 0 Å². The first-order valence-electron chi connectivity index (χ1n) is 6.01. The van der Waals surface area contributed by atoms with E-state index in [0.717, 1.165) is 5.56 Å². The van der Waals surface area contributed by atoms with Crippen LogP contribution in [-0.4, -0.2) is 26.4 Å².